The summed E-state index contributed by atoms with van der Waals surface area (Å²) < 4.78 is 26.2. The van der Waals surface area contributed by atoms with Gasteiger partial charge < -0.3 is 0 Å². The van der Waals surface area contributed by atoms with Crippen LogP contribution in [0.4, 0.5) is 8.78 Å². The van der Waals surface area contributed by atoms with Crippen LogP contribution in [0.1, 0.15) is 19.8 Å². The van der Waals surface area contributed by atoms with Crippen molar-refractivity contribution in [2.24, 2.45) is 5.92 Å². The zero-order valence-corrected chi connectivity index (χ0v) is 7.61. The van der Waals surface area contributed by atoms with Crippen LogP contribution in [0.25, 0.3) is 0 Å². The topological polar surface area (TPSA) is 3.24 Å². The van der Waals surface area contributed by atoms with Crippen molar-refractivity contribution in [3.63, 3.8) is 0 Å². The van der Waals surface area contributed by atoms with Crippen molar-refractivity contribution in [2.45, 2.75) is 25.8 Å². The number of likely N-dealkylation sites (tertiary alicyclic amines) is 1. The molecule has 0 aliphatic carbocycles. The molecule has 12 heavy (non-hydrogen) atoms. The normalized spacial score (nSPS) is 30.2. The Labute approximate surface area is 72.1 Å². The van der Waals surface area contributed by atoms with Crippen LogP contribution >= 0.6 is 0 Å². The minimum absolute atomic E-state index is 0.00352. The van der Waals surface area contributed by atoms with Crippen molar-refractivity contribution in [3.8, 4) is 0 Å². The van der Waals surface area contributed by atoms with Gasteiger partial charge >= 0.3 is 6.05 Å². The maximum Gasteiger partial charge on any atom is 0.305 e. The molecule has 3 heteroatoms. The lowest BCUT2D eigenvalue weighted by Gasteiger charge is -2.36. The summed E-state index contributed by atoms with van der Waals surface area (Å²) in [6.45, 7) is 6.01. The fourth-order valence-electron chi connectivity index (χ4n) is 1.49. The lowest BCUT2D eigenvalue weighted by molar-refractivity contribution is -0.164. The summed E-state index contributed by atoms with van der Waals surface area (Å²) in [6, 6.07) is -2.64. The second-order valence-corrected chi connectivity index (χ2v) is 3.62. The van der Waals surface area contributed by atoms with E-state index in [-0.39, 0.29) is 12.3 Å². The summed E-state index contributed by atoms with van der Waals surface area (Å²) in [5.41, 5.74) is 0.878. The van der Waals surface area contributed by atoms with Gasteiger partial charge in [0.15, 0.2) is 0 Å². The molecule has 0 radical (unpaired) electrons. The predicted molar refractivity (Wildman–Crippen MR) is 45.1 cm³/mol. The van der Waals surface area contributed by atoms with Gasteiger partial charge in [-0.25, -0.2) is 4.90 Å². The number of hydrogen-bond donors (Lipinski definition) is 0. The molecular weight excluding hydrogens is 160 g/mol. The van der Waals surface area contributed by atoms with Gasteiger partial charge in [0.05, 0.1) is 0 Å². The lowest BCUT2D eigenvalue weighted by Crippen LogP contribution is -2.45. The molecule has 0 amide bonds. The summed E-state index contributed by atoms with van der Waals surface area (Å²) in [5.74, 6) is -0.00352. The molecule has 1 heterocycles. The quantitative estimate of drug-likeness (QED) is 0.437. The summed E-state index contributed by atoms with van der Waals surface area (Å²) in [4.78, 5) is 1.12. The largest absolute Gasteiger partial charge is 0.305 e. The Bertz CT molecular complexity index is 189. The number of alkyl halides is 2. The number of allylic oxidation sites excluding steroid dienone is 1. The molecule has 0 aromatic rings. The fourth-order valence-corrected chi connectivity index (χ4v) is 1.49. The third kappa shape index (κ3) is 1.83. The molecule has 1 rings (SSSR count). The third-order valence-corrected chi connectivity index (χ3v) is 2.56. The molecule has 1 fully saturated rings. The molecule has 0 bridgehead atoms. The molecule has 1 saturated heterocycles. The summed E-state index contributed by atoms with van der Waals surface area (Å²) >= 11 is 0. The molecule has 1 nitrogen and oxygen atoms in total. The Balaban J connectivity index is 2.63. The van der Waals surface area contributed by atoms with Crippen LogP contribution in [0.15, 0.2) is 12.2 Å². The van der Waals surface area contributed by atoms with Gasteiger partial charge in [-0.3, -0.25) is 0 Å². The van der Waals surface area contributed by atoms with E-state index in [4.69, 9.17) is 0 Å². The van der Waals surface area contributed by atoms with Gasteiger partial charge in [-0.1, -0.05) is 12.2 Å². The molecule has 0 N–H and O–H groups in total. The van der Waals surface area contributed by atoms with Crippen LogP contribution in [0.2, 0.25) is 0 Å². The van der Waals surface area contributed by atoms with Crippen LogP contribution in [-0.2, 0) is 0 Å². The van der Waals surface area contributed by atoms with Gasteiger partial charge in [-0.15, -0.1) is 0 Å². The second-order valence-electron chi connectivity index (χ2n) is 3.62. The monoisotopic (exact) mass is 175 g/mol. The highest BCUT2D eigenvalue weighted by molar-refractivity contribution is 5.00. The maximum atomic E-state index is 13.1. The van der Waals surface area contributed by atoms with Crippen LogP contribution in [0.5, 0.6) is 0 Å². The average molecular weight is 175 g/mol. The van der Waals surface area contributed by atoms with Gasteiger partial charge in [0.2, 0.25) is 0 Å². The highest BCUT2D eigenvalue weighted by Gasteiger charge is 2.40. The molecule has 1 aliphatic rings. The number of rotatable bonds is 1. The Hall–Kier alpha value is -0.440. The van der Waals surface area contributed by atoms with E-state index in [2.05, 4.69) is 6.58 Å². The Morgan fingerprint density at radius 3 is 2.58 bits per heavy atom. The Morgan fingerprint density at radius 2 is 2.17 bits per heavy atom. The van der Waals surface area contributed by atoms with Crippen molar-refractivity contribution in [1.29, 1.82) is 0 Å². The van der Waals surface area contributed by atoms with Gasteiger partial charge in [0.25, 0.3) is 0 Å². The molecule has 0 aromatic heterocycles. The predicted octanol–water partition coefficient (Wildman–Crippen LogP) is 2.50. The van der Waals surface area contributed by atoms with E-state index in [1.54, 1.807) is 0 Å². The Kier molecular flexibility index (Phi) is 2.52. The van der Waals surface area contributed by atoms with E-state index >= 15 is 0 Å². The van der Waals surface area contributed by atoms with E-state index in [9.17, 15) is 8.78 Å². The van der Waals surface area contributed by atoms with Crippen LogP contribution in [0, 0.1) is 5.92 Å². The van der Waals surface area contributed by atoms with Crippen molar-refractivity contribution in [1.82, 2.24) is 4.90 Å². The van der Waals surface area contributed by atoms with Crippen LogP contribution < -0.4 is 0 Å². The first kappa shape index (κ1) is 9.65. The van der Waals surface area contributed by atoms with E-state index < -0.39 is 6.05 Å². The molecular formula is C9H15F2N. The van der Waals surface area contributed by atoms with Crippen LogP contribution in [0.3, 0.4) is 0 Å². The number of piperidine rings is 1. The summed E-state index contributed by atoms with van der Waals surface area (Å²) in [7, 11) is 1.47. The fraction of sp³-hybridized carbons (Fsp3) is 0.778. The zero-order chi connectivity index (χ0) is 9.35. The van der Waals surface area contributed by atoms with Crippen molar-refractivity contribution >= 4 is 0 Å². The smallest absolute Gasteiger partial charge is 0.248 e. The van der Waals surface area contributed by atoms with Gasteiger partial charge in [-0.2, -0.15) is 8.78 Å². The summed E-state index contributed by atoms with van der Waals surface area (Å²) in [5, 5.41) is 0. The molecule has 0 aromatic carbocycles. The number of hydrogen-bond acceptors (Lipinski definition) is 1. The Morgan fingerprint density at radius 1 is 1.58 bits per heavy atom. The van der Waals surface area contributed by atoms with Crippen LogP contribution in [-0.4, -0.2) is 24.5 Å². The van der Waals surface area contributed by atoms with Crippen molar-refractivity contribution in [2.75, 3.05) is 13.6 Å². The highest BCUT2D eigenvalue weighted by atomic mass is 19.3. The molecule has 0 spiro atoms. The van der Waals surface area contributed by atoms with E-state index in [1.165, 1.54) is 7.05 Å². The minimum Gasteiger partial charge on any atom is -0.248 e. The lowest BCUT2D eigenvalue weighted by atomic mass is 9.90. The highest BCUT2D eigenvalue weighted by Crippen LogP contribution is 2.35. The average Bonchev–Trinajstić information content (AvgIpc) is 1.94. The minimum atomic E-state index is -2.64. The number of halogens is 2. The van der Waals surface area contributed by atoms with Gasteiger partial charge in [0.1, 0.15) is 0 Å². The second kappa shape index (κ2) is 3.13. The SMILES string of the molecule is C=C(C)C1CCN(C)C(F)(F)C1. The molecule has 1 aliphatic heterocycles. The van der Waals surface area contributed by atoms with Gasteiger partial charge in [-0.05, 0) is 26.3 Å². The summed E-state index contributed by atoms with van der Waals surface area (Å²) in [6.07, 6.45) is 0.736. The van der Waals surface area contributed by atoms with Gasteiger partial charge in [0, 0.05) is 13.0 Å². The molecule has 1 atom stereocenters. The van der Waals surface area contributed by atoms with E-state index in [0.717, 1.165) is 16.9 Å². The first-order valence-corrected chi connectivity index (χ1v) is 4.18. The zero-order valence-electron chi connectivity index (χ0n) is 7.61. The number of nitrogens with zero attached hydrogens (tertiary/aromatic N) is 1. The third-order valence-electron chi connectivity index (χ3n) is 2.56. The first-order valence-electron chi connectivity index (χ1n) is 4.18. The standard InChI is InChI=1S/C9H15F2N/c1-7(2)8-4-5-12(3)9(10,11)6-8/h8H,1,4-6H2,2-3H3. The molecule has 70 valence electrons. The maximum absolute atomic E-state index is 13.1. The van der Waals surface area contributed by atoms with Crippen molar-refractivity contribution < 1.29 is 8.78 Å². The molecule has 1 unspecified atom stereocenters. The molecule has 0 saturated carbocycles. The first-order chi connectivity index (χ1) is 5.43. The van der Waals surface area contributed by atoms with E-state index in [0.29, 0.717) is 6.54 Å². The van der Waals surface area contributed by atoms with Crippen molar-refractivity contribution in [3.05, 3.63) is 12.2 Å². The van der Waals surface area contributed by atoms with E-state index in [1.807, 2.05) is 6.92 Å².